The molecule has 4 radical (unpaired) electrons. The molecule has 0 aliphatic rings. The van der Waals surface area contributed by atoms with Crippen molar-refractivity contribution in [3.63, 3.8) is 0 Å². The summed E-state index contributed by atoms with van der Waals surface area (Å²) in [6, 6.07) is 12.0. The van der Waals surface area contributed by atoms with E-state index in [1.54, 1.807) is 24.3 Å². The molecule has 11 heteroatoms. The normalized spacial score (nSPS) is 9.03. The van der Waals surface area contributed by atoms with E-state index in [1.807, 2.05) is 0 Å². The number of para-hydroxylation sites is 2. The number of carbonyl (C=O) groups excluding carboxylic acids is 4. The van der Waals surface area contributed by atoms with Crippen molar-refractivity contribution in [2.45, 2.75) is 13.8 Å². The third kappa shape index (κ3) is 8.08. The summed E-state index contributed by atoms with van der Waals surface area (Å²) in [6.45, 7) is 2.41. The molecule has 0 atom stereocenters. The van der Waals surface area contributed by atoms with E-state index in [-0.39, 0.29) is 45.5 Å². The fourth-order valence-electron chi connectivity index (χ4n) is 2.00. The summed E-state index contributed by atoms with van der Waals surface area (Å²) in [5.41, 5.74) is 0.0492. The van der Waals surface area contributed by atoms with Gasteiger partial charge in [-0.3, -0.25) is 9.59 Å². The van der Waals surface area contributed by atoms with Gasteiger partial charge in [0.1, 0.15) is 11.5 Å². The molecular formula is C18H16Al2O9. The molecule has 148 valence electrons. The van der Waals surface area contributed by atoms with E-state index in [0.717, 1.165) is 0 Å². The Morgan fingerprint density at radius 1 is 0.690 bits per heavy atom. The van der Waals surface area contributed by atoms with Crippen LogP contribution in [0, 0.1) is 0 Å². The summed E-state index contributed by atoms with van der Waals surface area (Å²) in [6.07, 6.45) is 0. The summed E-state index contributed by atoms with van der Waals surface area (Å²) in [4.78, 5) is 46.4. The first kappa shape index (κ1) is 26.3. The summed E-state index contributed by atoms with van der Waals surface area (Å²) >= 11 is -1.49. The van der Waals surface area contributed by atoms with Crippen LogP contribution in [0.3, 0.4) is 0 Å². The molecule has 0 spiro atoms. The molecule has 0 saturated heterocycles. The van der Waals surface area contributed by atoms with E-state index in [2.05, 4.69) is 0 Å². The molecule has 0 unspecified atom stereocenters. The molecule has 0 amide bonds. The molecular weight excluding hydrogens is 414 g/mol. The highest BCUT2D eigenvalue weighted by Gasteiger charge is 2.21. The number of ether oxygens (including phenoxy) is 2. The van der Waals surface area contributed by atoms with Crippen molar-refractivity contribution in [1.82, 2.24) is 0 Å². The van der Waals surface area contributed by atoms with Crippen LogP contribution in [0.1, 0.15) is 34.6 Å². The van der Waals surface area contributed by atoms with E-state index >= 15 is 0 Å². The van der Waals surface area contributed by atoms with E-state index in [9.17, 15) is 19.2 Å². The molecule has 0 saturated carbocycles. The predicted octanol–water partition coefficient (Wildman–Crippen LogP) is 0.880. The smallest absolute Gasteiger partial charge is 0.585 e. The molecule has 0 aliphatic heterocycles. The van der Waals surface area contributed by atoms with Crippen LogP contribution in [0.2, 0.25) is 0 Å². The van der Waals surface area contributed by atoms with Gasteiger partial charge in [-0.1, -0.05) is 24.3 Å². The van der Waals surface area contributed by atoms with Crippen molar-refractivity contribution >= 4 is 57.1 Å². The van der Waals surface area contributed by atoms with Crippen molar-refractivity contribution in [1.29, 1.82) is 0 Å². The zero-order valence-electron chi connectivity index (χ0n) is 15.5. The van der Waals surface area contributed by atoms with Gasteiger partial charge in [0.2, 0.25) is 0 Å². The van der Waals surface area contributed by atoms with Gasteiger partial charge in [0, 0.05) is 31.2 Å². The van der Waals surface area contributed by atoms with Gasteiger partial charge in [-0.05, 0) is 24.3 Å². The predicted molar refractivity (Wildman–Crippen MR) is 101 cm³/mol. The maximum absolute atomic E-state index is 12.1. The monoisotopic (exact) mass is 430 g/mol. The third-order valence-corrected chi connectivity index (χ3v) is 3.65. The van der Waals surface area contributed by atoms with Gasteiger partial charge in [-0.2, -0.15) is 0 Å². The Labute approximate surface area is 183 Å². The molecule has 2 rings (SSSR count). The van der Waals surface area contributed by atoms with Gasteiger partial charge in [-0.25, -0.2) is 9.59 Å². The average molecular weight is 430 g/mol. The second kappa shape index (κ2) is 12.7. The molecule has 2 aromatic carbocycles. The Morgan fingerprint density at radius 3 is 1.38 bits per heavy atom. The van der Waals surface area contributed by atoms with Gasteiger partial charge in [0.25, 0.3) is 0 Å². The minimum atomic E-state index is -1.49. The molecule has 29 heavy (non-hydrogen) atoms. The molecule has 0 bridgehead atoms. The van der Waals surface area contributed by atoms with Crippen molar-refractivity contribution in [2.75, 3.05) is 0 Å². The Bertz CT molecular complexity index is 812. The molecule has 0 aliphatic carbocycles. The molecule has 0 heterocycles. The van der Waals surface area contributed by atoms with Crippen LogP contribution in [0.25, 0.3) is 0 Å². The zero-order valence-corrected chi connectivity index (χ0v) is 17.8. The number of esters is 2. The highest BCUT2D eigenvalue weighted by Crippen LogP contribution is 2.20. The van der Waals surface area contributed by atoms with Gasteiger partial charge in [-0.15, -0.1) is 0 Å². The average Bonchev–Trinajstić information content (AvgIpc) is 2.61. The fourth-order valence-corrected chi connectivity index (χ4v) is 2.47. The van der Waals surface area contributed by atoms with Crippen LogP contribution in [0.15, 0.2) is 48.5 Å². The minimum absolute atomic E-state index is 0. The first-order valence-electron chi connectivity index (χ1n) is 7.67. The Kier molecular flexibility index (Phi) is 11.6. The maximum Gasteiger partial charge on any atom is 0.886 e. The zero-order chi connectivity index (χ0) is 19.8. The van der Waals surface area contributed by atoms with E-state index in [1.165, 1.54) is 38.1 Å². The molecule has 0 fully saturated rings. The fraction of sp³-hybridized carbons (Fsp3) is 0.111. The Morgan fingerprint density at radius 2 is 1.03 bits per heavy atom. The maximum atomic E-state index is 12.1. The minimum Gasteiger partial charge on any atom is -0.585 e. The number of carbonyl (C=O) groups is 4. The van der Waals surface area contributed by atoms with Gasteiger partial charge < -0.3 is 22.5 Å². The lowest BCUT2D eigenvalue weighted by atomic mass is 10.2. The topological polar surface area (TPSA) is 137 Å². The lowest BCUT2D eigenvalue weighted by molar-refractivity contribution is -0.132. The van der Waals surface area contributed by atoms with Crippen LogP contribution < -0.4 is 9.47 Å². The van der Waals surface area contributed by atoms with Crippen molar-refractivity contribution in [2.24, 2.45) is 0 Å². The van der Waals surface area contributed by atoms with Gasteiger partial charge >= 0.3 is 39.8 Å². The van der Waals surface area contributed by atoms with E-state index < -0.39 is 39.8 Å². The van der Waals surface area contributed by atoms with Gasteiger partial charge in [0.05, 0.1) is 11.1 Å². The lowest BCUT2D eigenvalue weighted by Crippen LogP contribution is -2.18. The summed E-state index contributed by atoms with van der Waals surface area (Å²) in [5.74, 6) is -2.69. The molecule has 0 aromatic heterocycles. The number of hydrogen-bond donors (Lipinski definition) is 0. The summed E-state index contributed by atoms with van der Waals surface area (Å²) in [7, 11) is 0. The number of hydrogen-bond acceptors (Lipinski definition) is 8. The molecule has 2 N–H and O–H groups in total. The largest absolute Gasteiger partial charge is 0.886 e. The summed E-state index contributed by atoms with van der Waals surface area (Å²) in [5, 5.41) is 0. The third-order valence-electron chi connectivity index (χ3n) is 3.03. The molecule has 2 aromatic rings. The summed E-state index contributed by atoms with van der Waals surface area (Å²) < 4.78 is 19.8. The van der Waals surface area contributed by atoms with Crippen LogP contribution in [-0.2, 0) is 17.2 Å². The van der Waals surface area contributed by atoms with Crippen molar-refractivity contribution < 1.29 is 41.7 Å². The first-order valence-corrected chi connectivity index (χ1v) is 8.61. The van der Waals surface area contributed by atoms with Crippen LogP contribution in [0.4, 0.5) is 0 Å². The van der Waals surface area contributed by atoms with E-state index in [0.29, 0.717) is 0 Å². The van der Waals surface area contributed by atoms with Crippen LogP contribution >= 0.6 is 0 Å². The van der Waals surface area contributed by atoms with E-state index in [4.69, 9.17) is 17.1 Å². The van der Waals surface area contributed by atoms with Gasteiger partial charge in [0.15, 0.2) is 0 Å². The molecule has 9 nitrogen and oxygen atoms in total. The highest BCUT2D eigenvalue weighted by molar-refractivity contribution is 6.28. The number of rotatable bonds is 6. The Balaban J connectivity index is 0.00000392. The Hall–Kier alpha value is -2.66. The lowest BCUT2D eigenvalue weighted by Gasteiger charge is -2.11. The second-order valence-corrected chi connectivity index (χ2v) is 5.75. The van der Waals surface area contributed by atoms with Crippen LogP contribution in [0.5, 0.6) is 11.5 Å². The quantitative estimate of drug-likeness (QED) is 0.374. The van der Waals surface area contributed by atoms with Crippen molar-refractivity contribution in [3.8, 4) is 11.5 Å². The second-order valence-electron chi connectivity index (χ2n) is 5.09. The standard InChI is InChI=1S/2C9H8O4.2Al.H2O/c2*1-6(10)13-8-5-3-2-4-7(8)9(11)12;;;/h2*2-5H,1H3,(H,11,12);;;1H2/q;;;+2;/p-2. The van der Waals surface area contributed by atoms with Crippen LogP contribution in [-0.4, -0.2) is 62.6 Å². The highest BCUT2D eigenvalue weighted by atomic mass is 27.2. The SMILES string of the molecule is CC(=O)Oc1ccccc1C(=O)[O][Al][O]C(=O)c1ccccc1OC(C)=O.O.[Al]. The van der Waals surface area contributed by atoms with Crippen molar-refractivity contribution in [3.05, 3.63) is 59.7 Å². The number of benzene rings is 2. The first-order chi connectivity index (χ1) is 12.9.